The molecule has 1 heterocycles. The van der Waals surface area contributed by atoms with Crippen LogP contribution in [-0.2, 0) is 4.74 Å². The summed E-state index contributed by atoms with van der Waals surface area (Å²) in [6, 6.07) is 0.629. The normalized spacial score (nSPS) is 35.2. The number of ether oxygens (including phenoxy) is 1. The SMILES string of the molecule is OCC1(CN2CCOC3CCCCC32)CCCCCC1. The molecule has 0 spiro atoms. The van der Waals surface area contributed by atoms with Crippen molar-refractivity contribution < 1.29 is 9.84 Å². The van der Waals surface area contributed by atoms with Gasteiger partial charge in [0.1, 0.15) is 0 Å². The van der Waals surface area contributed by atoms with Gasteiger partial charge >= 0.3 is 0 Å². The highest BCUT2D eigenvalue weighted by Crippen LogP contribution is 2.38. The van der Waals surface area contributed by atoms with Crippen LogP contribution in [0.3, 0.4) is 0 Å². The van der Waals surface area contributed by atoms with Gasteiger partial charge in [0, 0.05) is 31.2 Å². The van der Waals surface area contributed by atoms with E-state index in [9.17, 15) is 5.11 Å². The van der Waals surface area contributed by atoms with Crippen LogP contribution in [0.1, 0.15) is 64.2 Å². The van der Waals surface area contributed by atoms with E-state index < -0.39 is 0 Å². The van der Waals surface area contributed by atoms with Crippen molar-refractivity contribution >= 4 is 0 Å². The van der Waals surface area contributed by atoms with Gasteiger partial charge in [0.15, 0.2) is 0 Å². The molecule has 116 valence electrons. The molecule has 3 nitrogen and oxygen atoms in total. The molecule has 0 aromatic heterocycles. The summed E-state index contributed by atoms with van der Waals surface area (Å²) in [6.45, 7) is 3.45. The summed E-state index contributed by atoms with van der Waals surface area (Å²) in [5.74, 6) is 0. The predicted octanol–water partition coefficient (Wildman–Crippen LogP) is 2.96. The molecular weight excluding hydrogens is 250 g/mol. The topological polar surface area (TPSA) is 32.7 Å². The average molecular weight is 281 g/mol. The number of aliphatic hydroxyl groups excluding tert-OH is 1. The number of hydrogen-bond acceptors (Lipinski definition) is 3. The monoisotopic (exact) mass is 281 g/mol. The first-order valence-electron chi connectivity index (χ1n) is 8.80. The fourth-order valence-corrected chi connectivity index (χ4v) is 4.65. The lowest BCUT2D eigenvalue weighted by Crippen LogP contribution is -2.56. The summed E-state index contributed by atoms with van der Waals surface area (Å²) in [6.07, 6.45) is 13.5. The molecule has 3 rings (SSSR count). The molecule has 0 aromatic carbocycles. The van der Waals surface area contributed by atoms with E-state index in [1.165, 1.54) is 64.2 Å². The third-order valence-corrected chi connectivity index (χ3v) is 5.89. The minimum atomic E-state index is 0.176. The highest BCUT2D eigenvalue weighted by molar-refractivity contribution is 4.92. The Hall–Kier alpha value is -0.120. The molecule has 0 amide bonds. The van der Waals surface area contributed by atoms with Crippen molar-refractivity contribution in [1.29, 1.82) is 0 Å². The van der Waals surface area contributed by atoms with Crippen LogP contribution in [0.2, 0.25) is 0 Å². The Bertz CT molecular complexity index is 297. The largest absolute Gasteiger partial charge is 0.396 e. The molecule has 1 aliphatic heterocycles. The Kier molecular flexibility index (Phi) is 5.00. The second kappa shape index (κ2) is 6.76. The van der Waals surface area contributed by atoms with Gasteiger partial charge in [-0.2, -0.15) is 0 Å². The summed E-state index contributed by atoms with van der Waals surface area (Å²) < 4.78 is 5.99. The first kappa shape index (κ1) is 14.8. The highest BCUT2D eigenvalue weighted by atomic mass is 16.5. The molecule has 1 saturated heterocycles. The second-order valence-electron chi connectivity index (χ2n) is 7.30. The number of hydrogen-bond donors (Lipinski definition) is 1. The Morgan fingerprint density at radius 2 is 1.75 bits per heavy atom. The lowest BCUT2D eigenvalue weighted by Gasteiger charge is -2.47. The molecule has 1 N–H and O–H groups in total. The zero-order chi connectivity index (χ0) is 13.8. The molecular formula is C17H31NO2. The summed E-state index contributed by atoms with van der Waals surface area (Å²) in [5, 5.41) is 10.0. The Morgan fingerprint density at radius 3 is 2.50 bits per heavy atom. The minimum absolute atomic E-state index is 0.176. The molecule has 3 aliphatic rings. The molecule has 3 fully saturated rings. The zero-order valence-electron chi connectivity index (χ0n) is 12.9. The fraction of sp³-hybridized carbons (Fsp3) is 1.00. The van der Waals surface area contributed by atoms with E-state index in [2.05, 4.69) is 4.90 Å². The Labute approximate surface area is 123 Å². The van der Waals surface area contributed by atoms with Gasteiger partial charge in [0.05, 0.1) is 12.7 Å². The first-order valence-corrected chi connectivity index (χ1v) is 8.80. The molecule has 2 aliphatic carbocycles. The quantitative estimate of drug-likeness (QED) is 0.807. The van der Waals surface area contributed by atoms with Crippen LogP contribution < -0.4 is 0 Å². The van der Waals surface area contributed by atoms with Crippen molar-refractivity contribution in [2.24, 2.45) is 5.41 Å². The van der Waals surface area contributed by atoms with Crippen LogP contribution in [0.25, 0.3) is 0 Å². The van der Waals surface area contributed by atoms with E-state index in [0.717, 1.165) is 19.7 Å². The summed E-state index contributed by atoms with van der Waals surface area (Å²) >= 11 is 0. The highest BCUT2D eigenvalue weighted by Gasteiger charge is 2.39. The van der Waals surface area contributed by atoms with Crippen LogP contribution in [0, 0.1) is 5.41 Å². The maximum absolute atomic E-state index is 10.0. The first-order chi connectivity index (χ1) is 9.83. The van der Waals surface area contributed by atoms with Gasteiger partial charge in [-0.25, -0.2) is 0 Å². The van der Waals surface area contributed by atoms with Crippen molar-refractivity contribution in [3.63, 3.8) is 0 Å². The van der Waals surface area contributed by atoms with Crippen molar-refractivity contribution in [3.8, 4) is 0 Å². The van der Waals surface area contributed by atoms with Crippen LogP contribution in [0.4, 0.5) is 0 Å². The van der Waals surface area contributed by atoms with Gasteiger partial charge in [-0.3, -0.25) is 4.90 Å². The number of morpholine rings is 1. The molecule has 2 unspecified atom stereocenters. The molecule has 0 bridgehead atoms. The van der Waals surface area contributed by atoms with Gasteiger partial charge in [-0.15, -0.1) is 0 Å². The third kappa shape index (κ3) is 3.20. The van der Waals surface area contributed by atoms with Gasteiger partial charge in [-0.1, -0.05) is 38.5 Å². The lowest BCUT2D eigenvalue weighted by molar-refractivity contribution is -0.104. The number of aliphatic hydroxyl groups is 1. The maximum atomic E-state index is 10.0. The summed E-state index contributed by atoms with van der Waals surface area (Å²) in [4.78, 5) is 2.68. The minimum Gasteiger partial charge on any atom is -0.396 e. The van der Waals surface area contributed by atoms with E-state index in [1.807, 2.05) is 0 Å². The third-order valence-electron chi connectivity index (χ3n) is 5.89. The van der Waals surface area contributed by atoms with Gasteiger partial charge in [0.25, 0.3) is 0 Å². The van der Waals surface area contributed by atoms with E-state index in [1.54, 1.807) is 0 Å². The van der Waals surface area contributed by atoms with E-state index in [0.29, 0.717) is 18.8 Å². The molecule has 3 heteroatoms. The van der Waals surface area contributed by atoms with E-state index >= 15 is 0 Å². The molecule has 0 aromatic rings. The van der Waals surface area contributed by atoms with Gasteiger partial charge in [0.2, 0.25) is 0 Å². The second-order valence-corrected chi connectivity index (χ2v) is 7.30. The van der Waals surface area contributed by atoms with Gasteiger partial charge < -0.3 is 9.84 Å². The standard InChI is InChI=1S/C17H31NO2/c19-14-17(9-5-1-2-6-10-17)13-18-11-12-20-16-8-4-3-7-15(16)18/h15-16,19H,1-14H2. The molecule has 0 radical (unpaired) electrons. The number of rotatable bonds is 3. The van der Waals surface area contributed by atoms with E-state index in [4.69, 9.17) is 4.74 Å². The summed E-state index contributed by atoms with van der Waals surface area (Å²) in [5.41, 5.74) is 0.176. The predicted molar refractivity (Wildman–Crippen MR) is 80.8 cm³/mol. The van der Waals surface area contributed by atoms with Crippen LogP contribution in [-0.4, -0.2) is 48.5 Å². The van der Waals surface area contributed by atoms with Crippen molar-refractivity contribution in [1.82, 2.24) is 4.90 Å². The number of fused-ring (bicyclic) bond motifs is 1. The Balaban J connectivity index is 1.67. The molecule has 20 heavy (non-hydrogen) atoms. The van der Waals surface area contributed by atoms with Crippen LogP contribution in [0.15, 0.2) is 0 Å². The van der Waals surface area contributed by atoms with Gasteiger partial charge in [-0.05, 0) is 25.7 Å². The Morgan fingerprint density at radius 1 is 1.00 bits per heavy atom. The molecule has 2 saturated carbocycles. The number of nitrogens with zero attached hydrogens (tertiary/aromatic N) is 1. The maximum Gasteiger partial charge on any atom is 0.0730 e. The smallest absolute Gasteiger partial charge is 0.0730 e. The van der Waals surface area contributed by atoms with Crippen molar-refractivity contribution in [2.75, 3.05) is 26.3 Å². The van der Waals surface area contributed by atoms with E-state index in [-0.39, 0.29) is 5.41 Å². The fourth-order valence-electron chi connectivity index (χ4n) is 4.65. The summed E-state index contributed by atoms with van der Waals surface area (Å²) in [7, 11) is 0. The van der Waals surface area contributed by atoms with Crippen LogP contribution >= 0.6 is 0 Å². The van der Waals surface area contributed by atoms with Crippen molar-refractivity contribution in [2.45, 2.75) is 76.4 Å². The zero-order valence-corrected chi connectivity index (χ0v) is 12.9. The lowest BCUT2D eigenvalue weighted by atomic mass is 9.79. The van der Waals surface area contributed by atoms with Crippen molar-refractivity contribution in [3.05, 3.63) is 0 Å². The average Bonchev–Trinajstić information content (AvgIpc) is 2.74. The molecule has 2 atom stereocenters. The van der Waals surface area contributed by atoms with Crippen LogP contribution in [0.5, 0.6) is 0 Å².